The topological polar surface area (TPSA) is 38.9 Å². The molecule has 2 aromatic rings. The Labute approximate surface area is 108 Å². The third-order valence-corrected chi connectivity index (χ3v) is 3.06. The molecule has 0 amide bonds. The summed E-state index contributed by atoms with van der Waals surface area (Å²) in [6, 6.07) is 4.05. The predicted octanol–water partition coefficient (Wildman–Crippen LogP) is 1.62. The summed E-state index contributed by atoms with van der Waals surface area (Å²) < 4.78 is 3.93. The van der Waals surface area contributed by atoms with E-state index in [4.69, 9.17) is 0 Å². The summed E-state index contributed by atoms with van der Waals surface area (Å²) in [6.45, 7) is 9.07. The zero-order chi connectivity index (χ0) is 12.8. The molecule has 0 aliphatic rings. The molecule has 0 fully saturated rings. The fraction of sp³-hybridized carbons (Fsp3) is 0.538. The van der Waals surface area contributed by atoms with E-state index in [0.717, 1.165) is 38.4 Å². The van der Waals surface area contributed by atoms with Gasteiger partial charge >= 0.3 is 0 Å². The van der Waals surface area contributed by atoms with E-state index in [2.05, 4.69) is 35.0 Å². The molecule has 18 heavy (non-hydrogen) atoms. The van der Waals surface area contributed by atoms with Crippen LogP contribution in [0.15, 0.2) is 30.7 Å². The zero-order valence-corrected chi connectivity index (χ0v) is 11.2. The normalized spacial score (nSPS) is 11.3. The van der Waals surface area contributed by atoms with E-state index in [-0.39, 0.29) is 0 Å². The van der Waals surface area contributed by atoms with E-state index in [0.29, 0.717) is 0 Å². The molecule has 0 aliphatic heterocycles. The van der Waals surface area contributed by atoms with E-state index in [1.54, 1.807) is 0 Å². The number of rotatable bonds is 7. The first-order valence-corrected chi connectivity index (χ1v) is 6.54. The number of hydrogen-bond acceptors (Lipinski definition) is 3. The molecule has 2 rings (SSSR count). The van der Waals surface area contributed by atoms with Crippen molar-refractivity contribution >= 4 is 0 Å². The highest BCUT2D eigenvalue weighted by molar-refractivity contribution is 4.98. The summed E-state index contributed by atoms with van der Waals surface area (Å²) in [7, 11) is 0. The molecule has 0 saturated heterocycles. The lowest BCUT2D eigenvalue weighted by Crippen LogP contribution is -2.27. The van der Waals surface area contributed by atoms with Crippen LogP contribution in [0.3, 0.4) is 0 Å². The smallest absolute Gasteiger partial charge is 0.0764 e. The summed E-state index contributed by atoms with van der Waals surface area (Å²) in [4.78, 5) is 2.38. The minimum Gasteiger partial charge on any atom is -0.296 e. The van der Waals surface area contributed by atoms with Gasteiger partial charge in [0.1, 0.15) is 0 Å². The molecule has 0 unspecified atom stereocenters. The number of likely N-dealkylation sites (N-methyl/N-ethyl adjacent to an activating group) is 1. The van der Waals surface area contributed by atoms with Crippen molar-refractivity contribution in [2.24, 2.45) is 0 Å². The van der Waals surface area contributed by atoms with Gasteiger partial charge in [-0.15, -0.1) is 0 Å². The second-order valence-corrected chi connectivity index (χ2v) is 4.30. The Bertz CT molecular complexity index is 446. The van der Waals surface area contributed by atoms with E-state index in [1.807, 2.05) is 34.0 Å². The van der Waals surface area contributed by atoms with Crippen LogP contribution in [0.5, 0.6) is 0 Å². The Morgan fingerprint density at radius 2 is 2.11 bits per heavy atom. The maximum absolute atomic E-state index is 4.51. The molecular weight excluding hydrogens is 226 g/mol. The van der Waals surface area contributed by atoms with Crippen molar-refractivity contribution in [1.29, 1.82) is 0 Å². The average Bonchev–Trinajstić information content (AvgIpc) is 3.05. The second kappa shape index (κ2) is 6.35. The molecule has 0 aliphatic carbocycles. The molecule has 5 nitrogen and oxygen atoms in total. The Kier molecular flexibility index (Phi) is 4.52. The molecule has 2 heterocycles. The van der Waals surface area contributed by atoms with E-state index in [9.17, 15) is 0 Å². The van der Waals surface area contributed by atoms with E-state index >= 15 is 0 Å². The van der Waals surface area contributed by atoms with Gasteiger partial charge in [0.25, 0.3) is 0 Å². The van der Waals surface area contributed by atoms with Crippen LogP contribution in [0.25, 0.3) is 0 Å². The van der Waals surface area contributed by atoms with Crippen LogP contribution in [0.1, 0.15) is 19.5 Å². The van der Waals surface area contributed by atoms with E-state index < -0.39 is 0 Å². The molecule has 0 aromatic carbocycles. The molecule has 0 saturated carbocycles. The van der Waals surface area contributed by atoms with Crippen LogP contribution >= 0.6 is 0 Å². The fourth-order valence-corrected chi connectivity index (χ4v) is 1.92. The highest BCUT2D eigenvalue weighted by Crippen LogP contribution is 2.02. The molecule has 5 heteroatoms. The van der Waals surface area contributed by atoms with Gasteiger partial charge in [0.15, 0.2) is 0 Å². The number of hydrogen-bond donors (Lipinski definition) is 0. The van der Waals surface area contributed by atoms with Gasteiger partial charge in [0.2, 0.25) is 0 Å². The highest BCUT2D eigenvalue weighted by Gasteiger charge is 2.06. The first kappa shape index (κ1) is 12.8. The Balaban J connectivity index is 1.84. The van der Waals surface area contributed by atoms with Crippen LogP contribution in [0, 0.1) is 0 Å². The first-order chi connectivity index (χ1) is 8.81. The lowest BCUT2D eigenvalue weighted by molar-refractivity contribution is 0.259. The fourth-order valence-electron chi connectivity index (χ4n) is 1.92. The predicted molar refractivity (Wildman–Crippen MR) is 71.1 cm³/mol. The number of nitrogens with zero attached hydrogens (tertiary/aromatic N) is 5. The van der Waals surface area contributed by atoms with Gasteiger partial charge < -0.3 is 0 Å². The molecule has 0 spiro atoms. The molecule has 98 valence electrons. The number of aromatic nitrogens is 4. The highest BCUT2D eigenvalue weighted by atomic mass is 15.3. The van der Waals surface area contributed by atoms with Crippen molar-refractivity contribution in [1.82, 2.24) is 24.5 Å². The van der Waals surface area contributed by atoms with Crippen LogP contribution in [0.2, 0.25) is 0 Å². The van der Waals surface area contributed by atoms with Crippen LogP contribution in [0.4, 0.5) is 0 Å². The SMILES string of the molecule is CCN(CCn1cccn1)Cc1ccn(CC)n1. The zero-order valence-electron chi connectivity index (χ0n) is 11.2. The van der Waals surface area contributed by atoms with Crippen molar-refractivity contribution in [3.05, 3.63) is 36.4 Å². The summed E-state index contributed by atoms with van der Waals surface area (Å²) in [5.41, 5.74) is 1.14. The standard InChI is InChI=1S/C13H21N5/c1-3-16(10-11-18-8-5-7-14-18)12-13-6-9-17(4-2)15-13/h5-9H,3-4,10-12H2,1-2H3. The second-order valence-electron chi connectivity index (χ2n) is 4.30. The van der Waals surface area contributed by atoms with Crippen LogP contribution < -0.4 is 0 Å². The van der Waals surface area contributed by atoms with Gasteiger partial charge in [-0.3, -0.25) is 14.3 Å². The van der Waals surface area contributed by atoms with Crippen molar-refractivity contribution < 1.29 is 0 Å². The summed E-state index contributed by atoms with van der Waals surface area (Å²) in [5, 5.41) is 8.73. The Morgan fingerprint density at radius 3 is 2.72 bits per heavy atom. The quantitative estimate of drug-likeness (QED) is 0.746. The van der Waals surface area contributed by atoms with Crippen LogP contribution in [-0.2, 0) is 19.6 Å². The molecule has 0 bridgehead atoms. The van der Waals surface area contributed by atoms with Crippen molar-refractivity contribution in [2.45, 2.75) is 33.5 Å². The summed E-state index contributed by atoms with van der Waals surface area (Å²) >= 11 is 0. The largest absolute Gasteiger partial charge is 0.296 e. The average molecular weight is 247 g/mol. The maximum Gasteiger partial charge on any atom is 0.0764 e. The first-order valence-electron chi connectivity index (χ1n) is 6.54. The van der Waals surface area contributed by atoms with Gasteiger partial charge in [0, 0.05) is 38.2 Å². The van der Waals surface area contributed by atoms with E-state index in [1.165, 1.54) is 0 Å². The number of aryl methyl sites for hydroxylation is 1. The van der Waals surface area contributed by atoms with Gasteiger partial charge in [0.05, 0.1) is 12.2 Å². The minimum absolute atomic E-state index is 0.908. The lowest BCUT2D eigenvalue weighted by atomic mass is 10.3. The minimum atomic E-state index is 0.908. The van der Waals surface area contributed by atoms with Gasteiger partial charge in [-0.1, -0.05) is 6.92 Å². The monoisotopic (exact) mass is 247 g/mol. The maximum atomic E-state index is 4.51. The third kappa shape index (κ3) is 3.43. The van der Waals surface area contributed by atoms with Crippen molar-refractivity contribution in [2.75, 3.05) is 13.1 Å². The van der Waals surface area contributed by atoms with Gasteiger partial charge in [-0.25, -0.2) is 0 Å². The molecule has 0 radical (unpaired) electrons. The summed E-state index contributed by atoms with van der Waals surface area (Å²) in [6.07, 6.45) is 5.86. The van der Waals surface area contributed by atoms with Crippen molar-refractivity contribution in [3.63, 3.8) is 0 Å². The van der Waals surface area contributed by atoms with Gasteiger partial charge in [-0.2, -0.15) is 10.2 Å². The Morgan fingerprint density at radius 1 is 1.22 bits per heavy atom. The lowest BCUT2D eigenvalue weighted by Gasteiger charge is -2.18. The molecule has 0 atom stereocenters. The third-order valence-electron chi connectivity index (χ3n) is 3.06. The molecular formula is C13H21N5. The molecule has 0 N–H and O–H groups in total. The van der Waals surface area contributed by atoms with Crippen LogP contribution in [-0.4, -0.2) is 37.6 Å². The van der Waals surface area contributed by atoms with Crippen molar-refractivity contribution in [3.8, 4) is 0 Å². The summed E-state index contributed by atoms with van der Waals surface area (Å²) in [5.74, 6) is 0. The Hall–Kier alpha value is -1.62. The van der Waals surface area contributed by atoms with Gasteiger partial charge in [-0.05, 0) is 25.6 Å². The molecule has 2 aromatic heterocycles.